The van der Waals surface area contributed by atoms with Gasteiger partial charge in [0.1, 0.15) is 0 Å². The van der Waals surface area contributed by atoms with Gasteiger partial charge in [-0.1, -0.05) is 60.1 Å². The van der Waals surface area contributed by atoms with E-state index in [1.54, 1.807) is 0 Å². The minimum Gasteiger partial charge on any atom is -0.396 e. The number of rotatable bonds is 1. The van der Waals surface area contributed by atoms with E-state index in [9.17, 15) is 15.3 Å². The summed E-state index contributed by atoms with van der Waals surface area (Å²) in [7, 11) is 0. The average molecular weight is 459 g/mol. The van der Waals surface area contributed by atoms with Crippen LogP contribution in [0.2, 0.25) is 0 Å². The summed E-state index contributed by atoms with van der Waals surface area (Å²) in [5.41, 5.74) is 1.93. The lowest BCUT2D eigenvalue weighted by molar-refractivity contribution is -0.224. The van der Waals surface area contributed by atoms with Gasteiger partial charge < -0.3 is 15.3 Å². The highest BCUT2D eigenvalue weighted by atomic mass is 16.3. The molecule has 0 radical (unpaired) electrons. The molecule has 3 unspecified atom stereocenters. The molecule has 3 heteroatoms. The van der Waals surface area contributed by atoms with E-state index < -0.39 is 6.10 Å². The van der Waals surface area contributed by atoms with Crippen molar-refractivity contribution in [1.82, 2.24) is 0 Å². The van der Waals surface area contributed by atoms with Crippen LogP contribution in [0.1, 0.15) is 106 Å². The lowest BCUT2D eigenvalue weighted by Gasteiger charge is -2.72. The summed E-state index contributed by atoms with van der Waals surface area (Å²) >= 11 is 0. The number of fused-ring (bicyclic) bond motifs is 7. The minimum absolute atomic E-state index is 0.000849. The lowest BCUT2D eigenvalue weighted by Crippen LogP contribution is -2.67. The Bertz CT molecular complexity index is 847. The molecule has 0 aromatic heterocycles. The van der Waals surface area contributed by atoms with Crippen LogP contribution in [0, 0.1) is 50.2 Å². The maximum atomic E-state index is 11.9. The van der Waals surface area contributed by atoms with Gasteiger partial charge in [0.2, 0.25) is 0 Å². The molecule has 0 heterocycles. The van der Waals surface area contributed by atoms with Gasteiger partial charge in [0, 0.05) is 12.5 Å². The highest BCUT2D eigenvalue weighted by Gasteiger charge is 2.69. The highest BCUT2D eigenvalue weighted by molar-refractivity contribution is 5.35. The van der Waals surface area contributed by atoms with Gasteiger partial charge in [-0.25, -0.2) is 0 Å². The summed E-state index contributed by atoms with van der Waals surface area (Å²) in [4.78, 5) is 0. The number of aliphatic hydroxyl groups is 3. The molecular weight excluding hydrogens is 408 g/mol. The topological polar surface area (TPSA) is 60.7 Å². The Hall–Kier alpha value is -0.380. The van der Waals surface area contributed by atoms with Crippen molar-refractivity contribution in [2.45, 2.75) is 118 Å². The number of hydrogen-bond acceptors (Lipinski definition) is 3. The molecule has 3 nitrogen and oxygen atoms in total. The van der Waals surface area contributed by atoms with Crippen LogP contribution >= 0.6 is 0 Å². The van der Waals surface area contributed by atoms with Crippen LogP contribution in [0.15, 0.2) is 11.6 Å². The molecule has 0 saturated heterocycles. The van der Waals surface area contributed by atoms with Gasteiger partial charge >= 0.3 is 0 Å². The van der Waals surface area contributed by atoms with Crippen molar-refractivity contribution in [2.75, 3.05) is 6.61 Å². The smallest absolute Gasteiger partial charge is 0.0762 e. The van der Waals surface area contributed by atoms with Gasteiger partial charge in [-0.3, -0.25) is 0 Å². The van der Waals surface area contributed by atoms with E-state index in [-0.39, 0.29) is 45.7 Å². The van der Waals surface area contributed by atoms with E-state index in [0.29, 0.717) is 17.3 Å². The Labute approximate surface area is 202 Å². The van der Waals surface area contributed by atoms with Crippen LogP contribution in [0.5, 0.6) is 0 Å². The van der Waals surface area contributed by atoms with Crippen LogP contribution in [-0.4, -0.2) is 34.1 Å². The number of aliphatic hydroxyl groups excluding tert-OH is 3. The van der Waals surface area contributed by atoms with Crippen molar-refractivity contribution in [2.24, 2.45) is 50.2 Å². The average Bonchev–Trinajstić information content (AvgIpc) is 2.74. The highest BCUT2D eigenvalue weighted by Crippen LogP contribution is 2.75. The predicted octanol–water partition coefficient (Wildman–Crippen LogP) is 6.11. The van der Waals surface area contributed by atoms with E-state index in [2.05, 4.69) is 54.5 Å². The van der Waals surface area contributed by atoms with Crippen molar-refractivity contribution in [1.29, 1.82) is 0 Å². The van der Waals surface area contributed by atoms with E-state index in [4.69, 9.17) is 0 Å². The maximum Gasteiger partial charge on any atom is 0.0762 e. The summed E-state index contributed by atoms with van der Waals surface area (Å²) < 4.78 is 0. The normalized spacial score (nSPS) is 57.8. The molecule has 0 aromatic rings. The molecular formula is C30H50O3. The van der Waals surface area contributed by atoms with Crippen molar-refractivity contribution >= 4 is 0 Å². The molecule has 33 heavy (non-hydrogen) atoms. The molecule has 5 aliphatic rings. The fraction of sp³-hybridized carbons (Fsp3) is 0.933. The Morgan fingerprint density at radius 3 is 2.18 bits per heavy atom. The zero-order valence-corrected chi connectivity index (χ0v) is 22.4. The molecule has 5 aliphatic carbocycles. The number of allylic oxidation sites excluding steroid dienone is 1. The van der Waals surface area contributed by atoms with Gasteiger partial charge in [-0.15, -0.1) is 0 Å². The van der Waals surface area contributed by atoms with Gasteiger partial charge in [-0.2, -0.15) is 0 Å². The van der Waals surface area contributed by atoms with Crippen molar-refractivity contribution in [3.63, 3.8) is 0 Å². The summed E-state index contributed by atoms with van der Waals surface area (Å²) in [6.45, 7) is 17.1. The van der Waals surface area contributed by atoms with Crippen LogP contribution in [0.3, 0.4) is 0 Å². The quantitative estimate of drug-likeness (QED) is 0.415. The van der Waals surface area contributed by atoms with Crippen LogP contribution in [0.4, 0.5) is 0 Å². The third-order valence-electron chi connectivity index (χ3n) is 13.2. The first-order chi connectivity index (χ1) is 15.2. The number of hydrogen-bond donors (Lipinski definition) is 3. The monoisotopic (exact) mass is 458 g/mol. The van der Waals surface area contributed by atoms with Gasteiger partial charge in [0.25, 0.3) is 0 Å². The zero-order chi connectivity index (χ0) is 24.2. The van der Waals surface area contributed by atoms with Crippen molar-refractivity contribution in [3.8, 4) is 0 Å². The van der Waals surface area contributed by atoms with E-state index in [1.165, 1.54) is 24.8 Å². The van der Waals surface area contributed by atoms with E-state index in [1.807, 2.05) is 0 Å². The first kappa shape index (κ1) is 24.3. The first-order valence-corrected chi connectivity index (χ1v) is 13.9. The molecule has 4 saturated carbocycles. The van der Waals surface area contributed by atoms with Crippen molar-refractivity contribution in [3.05, 3.63) is 11.6 Å². The first-order valence-electron chi connectivity index (χ1n) is 13.9. The Morgan fingerprint density at radius 2 is 1.52 bits per heavy atom. The van der Waals surface area contributed by atoms with Crippen LogP contribution in [0.25, 0.3) is 0 Å². The summed E-state index contributed by atoms with van der Waals surface area (Å²) in [6, 6.07) is 0. The van der Waals surface area contributed by atoms with Crippen LogP contribution in [-0.2, 0) is 0 Å². The lowest BCUT2D eigenvalue weighted by atomic mass is 9.33. The molecule has 4 fully saturated rings. The summed E-state index contributed by atoms with van der Waals surface area (Å²) in [6.07, 6.45) is 11.6. The minimum atomic E-state index is -0.415. The van der Waals surface area contributed by atoms with E-state index in [0.717, 1.165) is 38.5 Å². The molecule has 0 spiro atoms. The summed E-state index contributed by atoms with van der Waals surface area (Å²) in [5, 5.41) is 33.0. The SMILES string of the molecule is CC1(C)C(O)CC[C@@]2(C)C1CC[C@]1(C)C2[C@H](O)C=C2[C@@H]3C[C@@](C)(CO)CC[C@]3(C)CC[C@]21C. The van der Waals surface area contributed by atoms with Gasteiger partial charge in [0.15, 0.2) is 0 Å². The molecule has 188 valence electrons. The standard InChI is InChI=1S/C30H50O3/c1-25(2)22-8-11-30(7)24(28(22,5)10-9-23(25)33)21(32)16-19-20-17-26(3,18-31)12-13-27(20,4)14-15-29(19,30)6/h16,20-24,31-33H,8-15,17-18H2,1-7H3/t20-,21+,22?,23?,24?,26-,27+,28-,29+,30+/m0/s1. The second-order valence-electron chi connectivity index (χ2n) is 15.2. The Kier molecular flexibility index (Phi) is 5.23. The molecule has 3 N–H and O–H groups in total. The second-order valence-corrected chi connectivity index (χ2v) is 15.2. The summed E-state index contributed by atoms with van der Waals surface area (Å²) in [5.74, 6) is 1.15. The molecule has 0 aliphatic heterocycles. The van der Waals surface area contributed by atoms with Gasteiger partial charge in [0.05, 0.1) is 12.2 Å². The molecule has 0 amide bonds. The molecule has 5 rings (SSSR count). The second kappa shape index (κ2) is 7.10. The fourth-order valence-corrected chi connectivity index (χ4v) is 10.7. The fourth-order valence-electron chi connectivity index (χ4n) is 10.7. The predicted molar refractivity (Wildman–Crippen MR) is 134 cm³/mol. The third kappa shape index (κ3) is 2.97. The van der Waals surface area contributed by atoms with E-state index >= 15 is 0 Å². The zero-order valence-electron chi connectivity index (χ0n) is 22.4. The van der Waals surface area contributed by atoms with Crippen molar-refractivity contribution < 1.29 is 15.3 Å². The van der Waals surface area contributed by atoms with Crippen LogP contribution < -0.4 is 0 Å². The Balaban J connectivity index is 1.61. The third-order valence-corrected chi connectivity index (χ3v) is 13.2. The molecule has 0 aromatic carbocycles. The Morgan fingerprint density at radius 1 is 0.848 bits per heavy atom. The maximum absolute atomic E-state index is 11.9. The molecule has 0 bridgehead atoms. The largest absolute Gasteiger partial charge is 0.396 e. The molecule has 10 atom stereocenters. The van der Waals surface area contributed by atoms with Gasteiger partial charge in [-0.05, 0) is 102 Å².